The molecule has 1 aromatic heterocycles. The lowest BCUT2D eigenvalue weighted by molar-refractivity contribution is -0.142. The number of Topliss-reactive ketones (excluding diaryl/α,β-unsaturated/α-hetero) is 1. The normalized spacial score (nSPS) is 12.2. The molecule has 7 nitrogen and oxygen atoms in total. The van der Waals surface area contributed by atoms with Crippen LogP contribution in [0.3, 0.4) is 0 Å². The maximum absolute atomic E-state index is 12.1. The number of rotatable bonds is 6. The van der Waals surface area contributed by atoms with Crippen molar-refractivity contribution in [3.8, 4) is 11.5 Å². The summed E-state index contributed by atoms with van der Waals surface area (Å²) in [7, 11) is 0. The average molecular weight is 330 g/mol. The SMILES string of the molecule is Cc1cc(C)n(CCC(=O)OCC(=O)c2ccc3c(c2)OCO3)n1. The summed E-state index contributed by atoms with van der Waals surface area (Å²) in [6.07, 6.45) is 0.163. The number of benzene rings is 1. The van der Waals surface area contributed by atoms with Gasteiger partial charge in [0.05, 0.1) is 18.7 Å². The maximum atomic E-state index is 12.1. The van der Waals surface area contributed by atoms with Crippen molar-refractivity contribution in [3.05, 3.63) is 41.2 Å². The highest BCUT2D eigenvalue weighted by Crippen LogP contribution is 2.32. The minimum atomic E-state index is -0.434. The predicted octanol–water partition coefficient (Wildman–Crippen LogP) is 2.04. The lowest BCUT2D eigenvalue weighted by atomic mass is 10.1. The van der Waals surface area contributed by atoms with Crippen LogP contribution in [0.25, 0.3) is 0 Å². The molecule has 0 bridgehead atoms. The van der Waals surface area contributed by atoms with E-state index < -0.39 is 5.97 Å². The van der Waals surface area contributed by atoms with E-state index in [9.17, 15) is 9.59 Å². The Morgan fingerprint density at radius 1 is 1.21 bits per heavy atom. The zero-order valence-corrected chi connectivity index (χ0v) is 13.6. The molecule has 0 amide bonds. The quantitative estimate of drug-likeness (QED) is 0.596. The number of ketones is 1. The molecule has 1 aromatic carbocycles. The average Bonchev–Trinajstić information content (AvgIpc) is 3.15. The van der Waals surface area contributed by atoms with Gasteiger partial charge in [0.15, 0.2) is 23.9 Å². The molecule has 2 heterocycles. The topological polar surface area (TPSA) is 79.7 Å². The number of carbonyl (C=O) groups is 2. The molecule has 0 unspecified atom stereocenters. The summed E-state index contributed by atoms with van der Waals surface area (Å²) < 4.78 is 17.2. The van der Waals surface area contributed by atoms with Crippen molar-refractivity contribution < 1.29 is 23.8 Å². The third-order valence-corrected chi connectivity index (χ3v) is 3.69. The van der Waals surface area contributed by atoms with E-state index in [1.807, 2.05) is 19.9 Å². The van der Waals surface area contributed by atoms with Gasteiger partial charge in [-0.15, -0.1) is 0 Å². The number of ether oxygens (including phenoxy) is 3. The highest BCUT2D eigenvalue weighted by Gasteiger charge is 2.17. The number of aryl methyl sites for hydroxylation is 3. The fourth-order valence-corrected chi connectivity index (χ4v) is 2.47. The largest absolute Gasteiger partial charge is 0.457 e. The fourth-order valence-electron chi connectivity index (χ4n) is 2.47. The number of nitrogens with zero attached hydrogens (tertiary/aromatic N) is 2. The van der Waals surface area contributed by atoms with Gasteiger partial charge in [-0.2, -0.15) is 5.10 Å². The third kappa shape index (κ3) is 3.56. The molecule has 0 radical (unpaired) electrons. The number of esters is 1. The van der Waals surface area contributed by atoms with Gasteiger partial charge in [0.25, 0.3) is 0 Å². The second kappa shape index (κ2) is 6.74. The first-order valence-corrected chi connectivity index (χ1v) is 7.62. The highest BCUT2D eigenvalue weighted by atomic mass is 16.7. The van der Waals surface area contributed by atoms with Crippen LogP contribution in [0.5, 0.6) is 11.5 Å². The van der Waals surface area contributed by atoms with Gasteiger partial charge in [0, 0.05) is 11.3 Å². The summed E-state index contributed by atoms with van der Waals surface area (Å²) in [6.45, 7) is 4.10. The summed E-state index contributed by atoms with van der Waals surface area (Å²) in [5.41, 5.74) is 2.31. The van der Waals surface area contributed by atoms with E-state index >= 15 is 0 Å². The first-order chi connectivity index (χ1) is 11.5. The smallest absolute Gasteiger partial charge is 0.308 e. The van der Waals surface area contributed by atoms with Gasteiger partial charge in [-0.1, -0.05) is 0 Å². The van der Waals surface area contributed by atoms with Crippen molar-refractivity contribution in [3.63, 3.8) is 0 Å². The fraction of sp³-hybridized carbons (Fsp3) is 0.353. The Balaban J connectivity index is 1.49. The molecule has 0 fully saturated rings. The number of hydrogen-bond acceptors (Lipinski definition) is 6. The molecule has 0 saturated heterocycles. The second-order valence-electron chi connectivity index (χ2n) is 5.55. The molecular formula is C17H18N2O5. The molecule has 2 aromatic rings. The molecule has 1 aliphatic heterocycles. The number of aromatic nitrogens is 2. The Morgan fingerprint density at radius 2 is 2.00 bits per heavy atom. The van der Waals surface area contributed by atoms with Crippen molar-refractivity contribution in [1.29, 1.82) is 0 Å². The van der Waals surface area contributed by atoms with Crippen molar-refractivity contribution >= 4 is 11.8 Å². The second-order valence-corrected chi connectivity index (χ2v) is 5.55. The van der Waals surface area contributed by atoms with Crippen molar-refractivity contribution in [1.82, 2.24) is 9.78 Å². The van der Waals surface area contributed by atoms with Gasteiger partial charge < -0.3 is 14.2 Å². The molecule has 24 heavy (non-hydrogen) atoms. The van der Waals surface area contributed by atoms with Crippen molar-refractivity contribution in [2.45, 2.75) is 26.8 Å². The zero-order chi connectivity index (χ0) is 17.1. The molecule has 0 saturated carbocycles. The van der Waals surface area contributed by atoms with Crippen LogP contribution in [-0.4, -0.2) is 34.9 Å². The Hall–Kier alpha value is -2.83. The molecule has 126 valence electrons. The van der Waals surface area contributed by atoms with Gasteiger partial charge in [0.1, 0.15) is 0 Å². The number of hydrogen-bond donors (Lipinski definition) is 0. The zero-order valence-electron chi connectivity index (χ0n) is 13.6. The van der Waals surface area contributed by atoms with Crippen LogP contribution in [0.4, 0.5) is 0 Å². The molecule has 1 aliphatic rings. The van der Waals surface area contributed by atoms with E-state index in [0.717, 1.165) is 11.4 Å². The maximum Gasteiger partial charge on any atom is 0.308 e. The molecular weight excluding hydrogens is 312 g/mol. The molecule has 0 aliphatic carbocycles. The van der Waals surface area contributed by atoms with Gasteiger partial charge >= 0.3 is 5.97 Å². The molecule has 0 spiro atoms. The lowest BCUT2D eigenvalue weighted by Gasteiger charge is -2.06. The van der Waals surface area contributed by atoms with Crippen LogP contribution < -0.4 is 9.47 Å². The summed E-state index contributed by atoms with van der Waals surface area (Å²) in [6, 6.07) is 6.82. The van der Waals surface area contributed by atoms with E-state index in [1.54, 1.807) is 22.9 Å². The first-order valence-electron chi connectivity index (χ1n) is 7.62. The van der Waals surface area contributed by atoms with E-state index in [-0.39, 0.29) is 25.6 Å². The minimum Gasteiger partial charge on any atom is -0.457 e. The van der Waals surface area contributed by atoms with E-state index in [2.05, 4.69) is 5.10 Å². The summed E-state index contributed by atoms with van der Waals surface area (Å²) >= 11 is 0. The third-order valence-electron chi connectivity index (χ3n) is 3.69. The Labute approximate surface area is 139 Å². The summed E-state index contributed by atoms with van der Waals surface area (Å²) in [5.74, 6) is 0.412. The lowest BCUT2D eigenvalue weighted by Crippen LogP contribution is -2.16. The molecule has 7 heteroatoms. The molecule has 0 N–H and O–H groups in total. The highest BCUT2D eigenvalue weighted by molar-refractivity contribution is 5.98. The van der Waals surface area contributed by atoms with Gasteiger partial charge in [-0.3, -0.25) is 14.3 Å². The van der Waals surface area contributed by atoms with Crippen LogP contribution in [0.1, 0.15) is 28.2 Å². The standard InChI is InChI=1S/C17H18N2O5/c1-11-7-12(2)19(18-11)6-5-17(21)22-9-14(20)13-3-4-15-16(8-13)24-10-23-15/h3-4,7-8H,5-6,9-10H2,1-2H3. The van der Waals surface area contributed by atoms with E-state index in [0.29, 0.717) is 23.6 Å². The van der Waals surface area contributed by atoms with Gasteiger partial charge in [-0.25, -0.2) is 0 Å². The summed E-state index contributed by atoms with van der Waals surface area (Å²) in [4.78, 5) is 23.9. The number of fused-ring (bicyclic) bond motifs is 1. The molecule has 3 rings (SSSR count). The van der Waals surface area contributed by atoms with Gasteiger partial charge in [0.2, 0.25) is 6.79 Å². The first kappa shape index (κ1) is 16.0. The Bertz CT molecular complexity index is 781. The Morgan fingerprint density at radius 3 is 2.75 bits per heavy atom. The van der Waals surface area contributed by atoms with Crippen LogP contribution in [-0.2, 0) is 16.1 Å². The van der Waals surface area contributed by atoms with Crippen LogP contribution in [0.2, 0.25) is 0 Å². The van der Waals surface area contributed by atoms with Crippen LogP contribution in [0.15, 0.2) is 24.3 Å². The summed E-state index contributed by atoms with van der Waals surface area (Å²) in [5, 5.41) is 4.27. The van der Waals surface area contributed by atoms with Crippen LogP contribution in [0, 0.1) is 13.8 Å². The van der Waals surface area contributed by atoms with Crippen molar-refractivity contribution in [2.75, 3.05) is 13.4 Å². The van der Waals surface area contributed by atoms with Gasteiger partial charge in [-0.05, 0) is 38.1 Å². The number of carbonyl (C=O) groups excluding carboxylic acids is 2. The van der Waals surface area contributed by atoms with E-state index in [4.69, 9.17) is 14.2 Å². The van der Waals surface area contributed by atoms with Crippen molar-refractivity contribution in [2.24, 2.45) is 0 Å². The van der Waals surface area contributed by atoms with E-state index in [1.165, 1.54) is 0 Å². The van der Waals surface area contributed by atoms with Crippen LogP contribution >= 0.6 is 0 Å². The minimum absolute atomic E-state index is 0.147. The monoisotopic (exact) mass is 330 g/mol. The Kier molecular flexibility index (Phi) is 4.50. The molecule has 0 atom stereocenters. The predicted molar refractivity (Wildman–Crippen MR) is 84.2 cm³/mol.